The molecule has 110 valence electrons. The van der Waals surface area contributed by atoms with Gasteiger partial charge in [0.1, 0.15) is 10.6 Å². The smallest absolute Gasteiger partial charge is 0.258 e. The number of amides is 1. The molecule has 2 heterocycles. The molecule has 0 spiro atoms. The minimum Gasteiger partial charge on any atom is -0.396 e. The predicted molar refractivity (Wildman–Crippen MR) is 79.0 cm³/mol. The number of aliphatic hydroxyl groups excluding tert-OH is 1. The zero-order valence-electron chi connectivity index (χ0n) is 11.3. The lowest BCUT2D eigenvalue weighted by atomic mass is 9.98. The summed E-state index contributed by atoms with van der Waals surface area (Å²) in [5.41, 5.74) is 6.40. The van der Waals surface area contributed by atoms with Crippen LogP contribution in [-0.2, 0) is 0 Å². The molecule has 1 aliphatic carbocycles. The second-order valence-electron chi connectivity index (χ2n) is 5.61. The summed E-state index contributed by atoms with van der Waals surface area (Å²) in [5, 5.41) is 13.0. The van der Waals surface area contributed by atoms with Crippen LogP contribution in [0.4, 0.5) is 10.8 Å². The molecule has 1 amide bonds. The summed E-state index contributed by atoms with van der Waals surface area (Å²) in [6.45, 7) is 1.93. The number of hydrogen-bond donors (Lipinski definition) is 3. The topological polar surface area (TPSA) is 91.5 Å². The second kappa shape index (κ2) is 5.57. The van der Waals surface area contributed by atoms with Gasteiger partial charge in [0, 0.05) is 25.7 Å². The third-order valence-corrected chi connectivity index (χ3v) is 4.92. The molecule has 0 atom stereocenters. The Balaban J connectivity index is 1.74. The number of carbonyl (C=O) groups excluding carboxylic acids is 1. The highest BCUT2D eigenvalue weighted by atomic mass is 32.1. The van der Waals surface area contributed by atoms with Gasteiger partial charge in [-0.15, -0.1) is 0 Å². The Hall–Kier alpha value is -1.34. The van der Waals surface area contributed by atoms with E-state index in [-0.39, 0.29) is 12.5 Å². The maximum atomic E-state index is 12.3. The van der Waals surface area contributed by atoms with E-state index in [1.54, 1.807) is 0 Å². The summed E-state index contributed by atoms with van der Waals surface area (Å²) >= 11 is 1.29. The average molecular weight is 296 g/mol. The molecule has 6 nitrogen and oxygen atoms in total. The lowest BCUT2D eigenvalue weighted by Crippen LogP contribution is -2.36. The van der Waals surface area contributed by atoms with Crippen molar-refractivity contribution in [1.82, 2.24) is 9.69 Å². The van der Waals surface area contributed by atoms with Crippen LogP contribution in [0.15, 0.2) is 0 Å². The first kappa shape index (κ1) is 13.6. The number of anilines is 2. The molecule has 0 unspecified atom stereocenters. The van der Waals surface area contributed by atoms with Crippen LogP contribution in [-0.4, -0.2) is 41.1 Å². The summed E-state index contributed by atoms with van der Waals surface area (Å²) in [6.07, 6.45) is 4.00. The number of nitrogens with one attached hydrogen (secondary N) is 1. The van der Waals surface area contributed by atoms with Gasteiger partial charge < -0.3 is 21.1 Å². The molecule has 1 aromatic heterocycles. The largest absolute Gasteiger partial charge is 0.396 e. The second-order valence-corrected chi connectivity index (χ2v) is 6.36. The van der Waals surface area contributed by atoms with E-state index in [1.165, 1.54) is 11.5 Å². The Bertz CT molecular complexity index is 493. The first-order chi connectivity index (χ1) is 9.69. The molecule has 0 aromatic carbocycles. The zero-order valence-corrected chi connectivity index (χ0v) is 12.2. The van der Waals surface area contributed by atoms with Crippen molar-refractivity contribution in [1.29, 1.82) is 0 Å². The lowest BCUT2D eigenvalue weighted by molar-refractivity contribution is 0.0952. The molecule has 0 radical (unpaired) electrons. The van der Waals surface area contributed by atoms with Gasteiger partial charge in [0.2, 0.25) is 0 Å². The third kappa shape index (κ3) is 2.73. The number of nitrogens with zero attached hydrogens (tertiary/aromatic N) is 2. The van der Waals surface area contributed by atoms with Crippen molar-refractivity contribution in [2.24, 2.45) is 5.92 Å². The number of nitrogen functional groups attached to an aromatic ring is 1. The molecule has 0 bridgehead atoms. The fraction of sp³-hybridized carbons (Fsp3) is 0.692. The maximum Gasteiger partial charge on any atom is 0.258 e. The van der Waals surface area contributed by atoms with Crippen LogP contribution in [0.25, 0.3) is 0 Å². The van der Waals surface area contributed by atoms with E-state index in [2.05, 4.69) is 14.6 Å². The highest BCUT2D eigenvalue weighted by Crippen LogP contribution is 2.34. The molecule has 1 saturated heterocycles. The Morgan fingerprint density at radius 2 is 2.10 bits per heavy atom. The van der Waals surface area contributed by atoms with E-state index in [9.17, 15) is 9.90 Å². The Kier molecular flexibility index (Phi) is 3.80. The number of carbonyl (C=O) groups is 1. The van der Waals surface area contributed by atoms with Crippen molar-refractivity contribution >= 4 is 28.3 Å². The fourth-order valence-corrected chi connectivity index (χ4v) is 3.39. The van der Waals surface area contributed by atoms with Crippen LogP contribution in [0.3, 0.4) is 0 Å². The third-order valence-electron chi connectivity index (χ3n) is 4.00. The first-order valence-corrected chi connectivity index (χ1v) is 7.88. The number of aliphatic hydroxyl groups is 1. The molecule has 1 aliphatic heterocycles. The zero-order chi connectivity index (χ0) is 14.1. The van der Waals surface area contributed by atoms with E-state index < -0.39 is 0 Å². The summed E-state index contributed by atoms with van der Waals surface area (Å²) < 4.78 is 4.15. The standard InChI is InChI=1S/C13H20N4O2S/c14-11-10(12(19)15-9-1-2-9)13(20-16-11)17-5-3-8(7-18)4-6-17/h8-9,18H,1-7H2,(H2,14,16)(H,15,19). The van der Waals surface area contributed by atoms with E-state index >= 15 is 0 Å². The lowest BCUT2D eigenvalue weighted by Gasteiger charge is -2.32. The van der Waals surface area contributed by atoms with Crippen LogP contribution in [0.2, 0.25) is 0 Å². The van der Waals surface area contributed by atoms with Gasteiger partial charge in [-0.2, -0.15) is 4.37 Å². The normalized spacial score (nSPS) is 20.1. The van der Waals surface area contributed by atoms with Gasteiger partial charge in [0.15, 0.2) is 5.82 Å². The van der Waals surface area contributed by atoms with Crippen molar-refractivity contribution in [3.05, 3.63) is 5.56 Å². The molecule has 2 fully saturated rings. The van der Waals surface area contributed by atoms with Gasteiger partial charge in [-0.05, 0) is 43.1 Å². The molecular formula is C13H20N4O2S. The fourth-order valence-electron chi connectivity index (χ4n) is 2.53. The van der Waals surface area contributed by atoms with E-state index in [0.29, 0.717) is 23.3 Å². The van der Waals surface area contributed by atoms with Gasteiger partial charge in [0.25, 0.3) is 5.91 Å². The van der Waals surface area contributed by atoms with Gasteiger partial charge in [0.05, 0.1) is 0 Å². The van der Waals surface area contributed by atoms with Crippen LogP contribution >= 0.6 is 11.5 Å². The van der Waals surface area contributed by atoms with E-state index in [0.717, 1.165) is 43.8 Å². The Labute approximate surface area is 122 Å². The molecule has 20 heavy (non-hydrogen) atoms. The van der Waals surface area contributed by atoms with Gasteiger partial charge in [-0.3, -0.25) is 4.79 Å². The Morgan fingerprint density at radius 1 is 1.40 bits per heavy atom. The van der Waals surface area contributed by atoms with Crippen molar-refractivity contribution in [2.75, 3.05) is 30.3 Å². The van der Waals surface area contributed by atoms with Gasteiger partial charge in [-0.1, -0.05) is 0 Å². The molecule has 3 rings (SSSR count). The number of nitrogens with two attached hydrogens (primary N) is 1. The minimum atomic E-state index is -0.0990. The van der Waals surface area contributed by atoms with Crippen molar-refractivity contribution in [3.8, 4) is 0 Å². The summed E-state index contributed by atoms with van der Waals surface area (Å²) in [5.74, 6) is 0.603. The quantitative estimate of drug-likeness (QED) is 0.765. The summed E-state index contributed by atoms with van der Waals surface area (Å²) in [7, 11) is 0. The van der Waals surface area contributed by atoms with Gasteiger partial charge >= 0.3 is 0 Å². The number of piperidine rings is 1. The predicted octanol–water partition coefficient (Wildman–Crippen LogP) is 0.826. The highest BCUT2D eigenvalue weighted by molar-refractivity contribution is 7.11. The summed E-state index contributed by atoms with van der Waals surface area (Å²) in [6, 6.07) is 0.315. The van der Waals surface area contributed by atoms with E-state index in [1.807, 2.05) is 0 Å². The molecule has 1 saturated carbocycles. The Morgan fingerprint density at radius 3 is 2.70 bits per heavy atom. The number of hydrogen-bond acceptors (Lipinski definition) is 6. The molecule has 1 aromatic rings. The summed E-state index contributed by atoms with van der Waals surface area (Å²) in [4.78, 5) is 14.4. The van der Waals surface area contributed by atoms with Crippen LogP contribution in [0.5, 0.6) is 0 Å². The van der Waals surface area contributed by atoms with Crippen molar-refractivity contribution < 1.29 is 9.90 Å². The average Bonchev–Trinajstić information content (AvgIpc) is 3.19. The monoisotopic (exact) mass is 296 g/mol. The molecular weight excluding hydrogens is 276 g/mol. The number of aromatic nitrogens is 1. The van der Waals surface area contributed by atoms with Crippen LogP contribution in [0, 0.1) is 5.92 Å². The molecule has 7 heteroatoms. The highest BCUT2D eigenvalue weighted by Gasteiger charge is 2.30. The maximum absolute atomic E-state index is 12.3. The number of rotatable bonds is 4. The molecule has 4 N–H and O–H groups in total. The van der Waals surface area contributed by atoms with Crippen LogP contribution < -0.4 is 16.0 Å². The van der Waals surface area contributed by atoms with Crippen molar-refractivity contribution in [3.63, 3.8) is 0 Å². The minimum absolute atomic E-state index is 0.0990. The first-order valence-electron chi connectivity index (χ1n) is 7.11. The van der Waals surface area contributed by atoms with Gasteiger partial charge in [-0.25, -0.2) is 0 Å². The van der Waals surface area contributed by atoms with E-state index in [4.69, 9.17) is 5.73 Å². The SMILES string of the molecule is Nc1nsc(N2CCC(CO)CC2)c1C(=O)NC1CC1. The van der Waals surface area contributed by atoms with Crippen LogP contribution in [0.1, 0.15) is 36.0 Å². The molecule has 2 aliphatic rings. The van der Waals surface area contributed by atoms with Crippen molar-refractivity contribution in [2.45, 2.75) is 31.7 Å².